The first-order chi connectivity index (χ1) is 8.90. The highest BCUT2D eigenvalue weighted by Crippen LogP contribution is 2.22. The minimum Gasteiger partial charge on any atom is -0.480 e. The van der Waals surface area contributed by atoms with Gasteiger partial charge in [0.1, 0.15) is 6.04 Å². The summed E-state index contributed by atoms with van der Waals surface area (Å²) in [5.41, 5.74) is 1.85. The van der Waals surface area contributed by atoms with E-state index in [1.54, 1.807) is 13.8 Å². The summed E-state index contributed by atoms with van der Waals surface area (Å²) in [6.45, 7) is 3.49. The lowest BCUT2D eigenvalue weighted by Crippen LogP contribution is -2.43. The van der Waals surface area contributed by atoms with Gasteiger partial charge in [-0.25, -0.2) is 9.59 Å². The number of likely N-dealkylation sites (tertiary alicyclic amines) is 1. The van der Waals surface area contributed by atoms with Crippen LogP contribution in [0.15, 0.2) is 0 Å². The molecule has 1 aromatic rings. The molecule has 0 radical (unpaired) electrons. The monoisotopic (exact) mass is 268 g/mol. The number of aliphatic hydroxyl groups is 1. The number of hydrogen-bond acceptors (Lipinski definition) is 4. The molecular formula is C11H16N4O4. The molecule has 8 nitrogen and oxygen atoms in total. The second kappa shape index (κ2) is 4.88. The Balaban J connectivity index is 2.13. The van der Waals surface area contributed by atoms with Gasteiger partial charge >= 0.3 is 12.0 Å². The molecule has 0 saturated carbocycles. The van der Waals surface area contributed by atoms with Gasteiger partial charge in [-0.2, -0.15) is 5.10 Å². The number of carbonyl (C=O) groups excluding carboxylic acids is 1. The lowest BCUT2D eigenvalue weighted by atomic mass is 10.2. The molecule has 1 aromatic heterocycles. The molecule has 1 aliphatic rings. The zero-order chi connectivity index (χ0) is 14.2. The van der Waals surface area contributed by atoms with Gasteiger partial charge in [-0.05, 0) is 13.8 Å². The molecule has 4 N–H and O–H groups in total. The summed E-state index contributed by atoms with van der Waals surface area (Å²) < 4.78 is 0. The van der Waals surface area contributed by atoms with Gasteiger partial charge < -0.3 is 20.4 Å². The van der Waals surface area contributed by atoms with Crippen molar-refractivity contribution in [3.63, 3.8) is 0 Å². The summed E-state index contributed by atoms with van der Waals surface area (Å²) in [6.07, 6.45) is -0.759. The number of anilines is 1. The SMILES string of the molecule is Cc1n[nH]c(C)c1NC(=O)N1C[C@H](O)C[C@@H]1C(=O)O. The highest BCUT2D eigenvalue weighted by molar-refractivity contribution is 5.93. The van der Waals surface area contributed by atoms with E-state index in [9.17, 15) is 14.7 Å². The number of aliphatic carboxylic acids is 1. The van der Waals surface area contributed by atoms with Crippen LogP contribution in [-0.4, -0.2) is 56.0 Å². The highest BCUT2D eigenvalue weighted by atomic mass is 16.4. The van der Waals surface area contributed by atoms with E-state index in [-0.39, 0.29) is 13.0 Å². The number of carboxylic acid groups (broad SMARTS) is 1. The maximum absolute atomic E-state index is 12.1. The third-order valence-corrected chi connectivity index (χ3v) is 3.18. The van der Waals surface area contributed by atoms with Crippen LogP contribution in [0.25, 0.3) is 0 Å². The number of hydrogen-bond donors (Lipinski definition) is 4. The average molecular weight is 268 g/mol. The van der Waals surface area contributed by atoms with E-state index >= 15 is 0 Å². The van der Waals surface area contributed by atoms with E-state index in [0.717, 1.165) is 4.90 Å². The van der Waals surface area contributed by atoms with Gasteiger partial charge in [-0.15, -0.1) is 0 Å². The van der Waals surface area contributed by atoms with E-state index in [4.69, 9.17) is 5.11 Å². The Morgan fingerprint density at radius 3 is 2.68 bits per heavy atom. The van der Waals surface area contributed by atoms with Gasteiger partial charge in [0.15, 0.2) is 0 Å². The van der Waals surface area contributed by atoms with Crippen molar-refractivity contribution in [1.29, 1.82) is 0 Å². The van der Waals surface area contributed by atoms with Crippen LogP contribution in [0.5, 0.6) is 0 Å². The van der Waals surface area contributed by atoms with Gasteiger partial charge in [-0.1, -0.05) is 0 Å². The standard InChI is InChI=1S/C11H16N4O4/c1-5-9(6(2)14-13-5)12-11(19)15-4-7(16)3-8(15)10(17)18/h7-8,16H,3-4H2,1-2H3,(H,12,19)(H,13,14)(H,17,18)/t7-,8-/m1/s1. The van der Waals surface area contributed by atoms with E-state index in [0.29, 0.717) is 17.1 Å². The molecule has 1 aliphatic heterocycles. The quantitative estimate of drug-likeness (QED) is 0.605. The predicted octanol–water partition coefficient (Wildman–Crippen LogP) is 0.0782. The van der Waals surface area contributed by atoms with Crippen molar-refractivity contribution in [2.24, 2.45) is 0 Å². The van der Waals surface area contributed by atoms with Crippen LogP contribution in [0.3, 0.4) is 0 Å². The first-order valence-electron chi connectivity index (χ1n) is 5.90. The first kappa shape index (κ1) is 13.3. The number of carboxylic acids is 1. The molecule has 19 heavy (non-hydrogen) atoms. The second-order valence-corrected chi connectivity index (χ2v) is 4.64. The molecule has 1 fully saturated rings. The van der Waals surface area contributed by atoms with Crippen LogP contribution in [0.1, 0.15) is 17.8 Å². The highest BCUT2D eigenvalue weighted by Gasteiger charge is 2.39. The van der Waals surface area contributed by atoms with Crippen molar-refractivity contribution in [2.45, 2.75) is 32.4 Å². The molecule has 2 amide bonds. The van der Waals surface area contributed by atoms with Gasteiger partial charge in [0.2, 0.25) is 0 Å². The van der Waals surface area contributed by atoms with Crippen LogP contribution in [0, 0.1) is 13.8 Å². The number of aliphatic hydroxyl groups excluding tert-OH is 1. The van der Waals surface area contributed by atoms with E-state index in [2.05, 4.69) is 15.5 Å². The minimum absolute atomic E-state index is 0.0126. The Kier molecular flexibility index (Phi) is 3.43. The number of carbonyl (C=O) groups is 2. The number of aryl methyl sites for hydroxylation is 2. The van der Waals surface area contributed by atoms with Gasteiger partial charge in [0, 0.05) is 13.0 Å². The van der Waals surface area contributed by atoms with Crippen molar-refractivity contribution in [3.05, 3.63) is 11.4 Å². The summed E-state index contributed by atoms with van der Waals surface area (Å²) in [6, 6.07) is -1.54. The number of rotatable bonds is 2. The van der Waals surface area contributed by atoms with E-state index < -0.39 is 24.1 Å². The summed E-state index contributed by atoms with van der Waals surface area (Å²) >= 11 is 0. The Morgan fingerprint density at radius 2 is 2.16 bits per heavy atom. The Morgan fingerprint density at radius 1 is 1.47 bits per heavy atom. The minimum atomic E-state index is -1.12. The third kappa shape index (κ3) is 2.53. The molecule has 0 aromatic carbocycles. The fourth-order valence-corrected chi connectivity index (χ4v) is 2.19. The van der Waals surface area contributed by atoms with Crippen molar-refractivity contribution in [3.8, 4) is 0 Å². The van der Waals surface area contributed by atoms with E-state index in [1.807, 2.05) is 0 Å². The van der Waals surface area contributed by atoms with Crippen LogP contribution in [-0.2, 0) is 4.79 Å². The molecule has 0 aliphatic carbocycles. The lowest BCUT2D eigenvalue weighted by molar-refractivity contribution is -0.141. The smallest absolute Gasteiger partial charge is 0.326 e. The van der Waals surface area contributed by atoms with Gasteiger partial charge in [0.05, 0.1) is 23.2 Å². The fourth-order valence-electron chi connectivity index (χ4n) is 2.19. The largest absolute Gasteiger partial charge is 0.480 e. The van der Waals surface area contributed by atoms with Gasteiger partial charge in [-0.3, -0.25) is 5.10 Å². The number of β-amino-alcohol motifs (C(OH)–C–C–N with tert-alkyl or cyclic N) is 1. The summed E-state index contributed by atoms with van der Waals surface area (Å²) in [5, 5.41) is 27.8. The molecule has 2 heterocycles. The maximum atomic E-state index is 12.1. The number of aromatic nitrogens is 2. The molecule has 104 valence electrons. The molecule has 0 bridgehead atoms. The number of aromatic amines is 1. The van der Waals surface area contributed by atoms with Crippen molar-refractivity contribution < 1.29 is 19.8 Å². The average Bonchev–Trinajstić information content (AvgIpc) is 2.87. The van der Waals surface area contributed by atoms with Crippen molar-refractivity contribution in [1.82, 2.24) is 15.1 Å². The summed E-state index contributed by atoms with van der Waals surface area (Å²) in [5.74, 6) is -1.12. The van der Waals surface area contributed by atoms with Crippen LogP contribution < -0.4 is 5.32 Å². The molecule has 2 rings (SSSR count). The Bertz CT molecular complexity index is 493. The fraction of sp³-hybridized carbons (Fsp3) is 0.545. The summed E-state index contributed by atoms with van der Waals surface area (Å²) in [7, 11) is 0. The Labute approximate surface area is 109 Å². The van der Waals surface area contributed by atoms with Gasteiger partial charge in [0.25, 0.3) is 0 Å². The van der Waals surface area contributed by atoms with E-state index in [1.165, 1.54) is 0 Å². The van der Waals surface area contributed by atoms with Crippen molar-refractivity contribution in [2.75, 3.05) is 11.9 Å². The molecule has 2 atom stereocenters. The molecule has 0 spiro atoms. The number of nitrogens with one attached hydrogen (secondary N) is 2. The van der Waals surface area contributed by atoms with Crippen molar-refractivity contribution >= 4 is 17.7 Å². The van der Waals surface area contributed by atoms with Crippen LogP contribution in [0.2, 0.25) is 0 Å². The van der Waals surface area contributed by atoms with Crippen LogP contribution >= 0.6 is 0 Å². The number of amides is 2. The third-order valence-electron chi connectivity index (χ3n) is 3.18. The number of nitrogens with zero attached hydrogens (tertiary/aromatic N) is 2. The topological polar surface area (TPSA) is 119 Å². The molecule has 0 unspecified atom stereocenters. The predicted molar refractivity (Wildman–Crippen MR) is 65.8 cm³/mol. The number of urea groups is 1. The molecule has 1 saturated heterocycles. The number of H-pyrrole nitrogens is 1. The Hall–Kier alpha value is -2.09. The lowest BCUT2D eigenvalue weighted by Gasteiger charge is -2.21. The molecular weight excluding hydrogens is 252 g/mol. The molecule has 8 heteroatoms. The maximum Gasteiger partial charge on any atom is 0.326 e. The first-order valence-corrected chi connectivity index (χ1v) is 5.90. The zero-order valence-corrected chi connectivity index (χ0v) is 10.7. The van der Waals surface area contributed by atoms with Crippen LogP contribution in [0.4, 0.5) is 10.5 Å². The summed E-state index contributed by atoms with van der Waals surface area (Å²) in [4.78, 5) is 24.2. The second-order valence-electron chi connectivity index (χ2n) is 4.64. The zero-order valence-electron chi connectivity index (χ0n) is 10.7. The normalized spacial score (nSPS) is 22.6.